The molecule has 7 heteroatoms. The zero-order valence-electron chi connectivity index (χ0n) is 13.3. The Labute approximate surface area is 164 Å². The molecular formula is C18H16BrCl2N3O. The molecule has 3 aromatic rings. The Kier molecular flexibility index (Phi) is 5.02. The second kappa shape index (κ2) is 7.25. The van der Waals surface area contributed by atoms with Gasteiger partial charge in [-0.15, -0.1) is 0 Å². The number of rotatable bonds is 3. The SMILES string of the molecule is Clc1ccn2c(CC3CNCCO3)c(-c3ccc(Br)cc3Cl)nc2c1. The van der Waals surface area contributed by atoms with Crippen LogP contribution in [0.5, 0.6) is 0 Å². The Bertz CT molecular complexity index is 922. The lowest BCUT2D eigenvalue weighted by molar-refractivity contribution is 0.0286. The largest absolute Gasteiger partial charge is 0.375 e. The summed E-state index contributed by atoms with van der Waals surface area (Å²) < 4.78 is 8.90. The molecule has 1 unspecified atom stereocenters. The fourth-order valence-electron chi connectivity index (χ4n) is 3.13. The molecule has 0 amide bonds. The standard InChI is InChI=1S/C18H16BrCl2N3O/c19-11-1-2-14(15(21)7-11)18-16(9-13-10-22-4-6-25-13)24-5-3-12(20)8-17(24)23-18/h1-3,5,7-8,13,22H,4,6,9-10H2. The van der Waals surface area contributed by atoms with Crippen LogP contribution in [0.1, 0.15) is 5.69 Å². The number of benzene rings is 1. The van der Waals surface area contributed by atoms with Gasteiger partial charge in [-0.25, -0.2) is 4.98 Å². The van der Waals surface area contributed by atoms with E-state index in [9.17, 15) is 0 Å². The van der Waals surface area contributed by atoms with Gasteiger partial charge in [0.2, 0.25) is 0 Å². The highest BCUT2D eigenvalue weighted by molar-refractivity contribution is 9.10. The average Bonchev–Trinajstić information content (AvgIpc) is 2.93. The van der Waals surface area contributed by atoms with Crippen LogP contribution in [0.15, 0.2) is 41.0 Å². The van der Waals surface area contributed by atoms with Crippen LogP contribution in [0, 0.1) is 0 Å². The van der Waals surface area contributed by atoms with E-state index in [0.717, 1.165) is 53.2 Å². The summed E-state index contributed by atoms with van der Waals surface area (Å²) in [5.41, 5.74) is 3.65. The lowest BCUT2D eigenvalue weighted by atomic mass is 10.1. The fraction of sp³-hybridized carbons (Fsp3) is 0.278. The summed E-state index contributed by atoms with van der Waals surface area (Å²) >= 11 is 16.1. The Morgan fingerprint density at radius 2 is 2.16 bits per heavy atom. The average molecular weight is 441 g/mol. The number of aromatic nitrogens is 2. The van der Waals surface area contributed by atoms with Gasteiger partial charge in [-0.3, -0.25) is 0 Å². The maximum atomic E-state index is 6.49. The zero-order valence-corrected chi connectivity index (χ0v) is 16.4. The summed E-state index contributed by atoms with van der Waals surface area (Å²) in [4.78, 5) is 4.80. The third-order valence-electron chi connectivity index (χ3n) is 4.30. The summed E-state index contributed by atoms with van der Waals surface area (Å²) in [6.45, 7) is 2.45. The summed E-state index contributed by atoms with van der Waals surface area (Å²) in [7, 11) is 0. The molecule has 0 radical (unpaired) electrons. The molecular weight excluding hydrogens is 425 g/mol. The molecule has 1 aromatic carbocycles. The van der Waals surface area contributed by atoms with E-state index in [2.05, 4.69) is 25.6 Å². The van der Waals surface area contributed by atoms with Gasteiger partial charge >= 0.3 is 0 Å². The highest BCUT2D eigenvalue weighted by Crippen LogP contribution is 2.34. The second-order valence-corrected chi connectivity index (χ2v) is 7.76. The first-order valence-corrected chi connectivity index (χ1v) is 9.61. The van der Waals surface area contributed by atoms with Crippen molar-refractivity contribution in [3.8, 4) is 11.3 Å². The number of hydrogen-bond acceptors (Lipinski definition) is 3. The number of imidazole rings is 1. The van der Waals surface area contributed by atoms with E-state index in [1.54, 1.807) is 0 Å². The van der Waals surface area contributed by atoms with Crippen molar-refractivity contribution in [1.29, 1.82) is 0 Å². The van der Waals surface area contributed by atoms with Crippen molar-refractivity contribution in [3.63, 3.8) is 0 Å². The van der Waals surface area contributed by atoms with Crippen molar-refractivity contribution in [2.75, 3.05) is 19.7 Å². The van der Waals surface area contributed by atoms with Gasteiger partial charge in [0.25, 0.3) is 0 Å². The predicted molar refractivity (Wildman–Crippen MR) is 105 cm³/mol. The van der Waals surface area contributed by atoms with Crippen LogP contribution in [-0.4, -0.2) is 35.2 Å². The van der Waals surface area contributed by atoms with Gasteiger partial charge in [-0.2, -0.15) is 0 Å². The summed E-state index contributed by atoms with van der Waals surface area (Å²) in [6.07, 6.45) is 2.81. The summed E-state index contributed by atoms with van der Waals surface area (Å²) in [5, 5.41) is 4.69. The van der Waals surface area contributed by atoms with E-state index in [-0.39, 0.29) is 6.10 Å². The normalized spacial score (nSPS) is 18.0. The van der Waals surface area contributed by atoms with E-state index in [4.69, 9.17) is 32.9 Å². The summed E-state index contributed by atoms with van der Waals surface area (Å²) in [6, 6.07) is 9.57. The van der Waals surface area contributed by atoms with Gasteiger partial charge in [0.05, 0.1) is 29.1 Å². The third-order valence-corrected chi connectivity index (χ3v) is 5.34. The first-order valence-electron chi connectivity index (χ1n) is 8.06. The molecule has 4 nitrogen and oxygen atoms in total. The van der Waals surface area contributed by atoms with E-state index in [0.29, 0.717) is 10.0 Å². The van der Waals surface area contributed by atoms with Crippen LogP contribution in [0.3, 0.4) is 0 Å². The topological polar surface area (TPSA) is 38.6 Å². The quantitative estimate of drug-likeness (QED) is 0.646. The van der Waals surface area contributed by atoms with E-state index in [1.807, 2.05) is 36.5 Å². The molecule has 0 saturated carbocycles. The molecule has 1 saturated heterocycles. The number of pyridine rings is 1. The van der Waals surface area contributed by atoms with Gasteiger partial charge in [-0.1, -0.05) is 45.2 Å². The highest BCUT2D eigenvalue weighted by atomic mass is 79.9. The molecule has 0 bridgehead atoms. The molecule has 0 aliphatic carbocycles. The van der Waals surface area contributed by atoms with Crippen LogP contribution in [0.25, 0.3) is 16.9 Å². The summed E-state index contributed by atoms with van der Waals surface area (Å²) in [5.74, 6) is 0. The van der Waals surface area contributed by atoms with Gasteiger partial charge in [0.15, 0.2) is 0 Å². The molecule has 1 fully saturated rings. The number of fused-ring (bicyclic) bond motifs is 1. The monoisotopic (exact) mass is 439 g/mol. The smallest absolute Gasteiger partial charge is 0.139 e. The Morgan fingerprint density at radius 1 is 1.28 bits per heavy atom. The zero-order chi connectivity index (χ0) is 17.4. The van der Waals surface area contributed by atoms with Crippen molar-refractivity contribution in [2.24, 2.45) is 0 Å². The van der Waals surface area contributed by atoms with Gasteiger partial charge in [0, 0.05) is 46.8 Å². The van der Waals surface area contributed by atoms with Crippen LogP contribution < -0.4 is 5.32 Å². The van der Waals surface area contributed by atoms with Crippen molar-refractivity contribution < 1.29 is 4.74 Å². The highest BCUT2D eigenvalue weighted by Gasteiger charge is 2.22. The first kappa shape index (κ1) is 17.3. The number of morpholine rings is 1. The second-order valence-electron chi connectivity index (χ2n) is 6.01. The minimum Gasteiger partial charge on any atom is -0.375 e. The Hall–Kier alpha value is -1.11. The molecule has 4 rings (SSSR count). The maximum Gasteiger partial charge on any atom is 0.139 e. The third kappa shape index (κ3) is 3.57. The van der Waals surface area contributed by atoms with Crippen LogP contribution >= 0.6 is 39.1 Å². The fourth-order valence-corrected chi connectivity index (χ4v) is 4.05. The molecule has 1 aliphatic rings. The molecule has 25 heavy (non-hydrogen) atoms. The molecule has 0 spiro atoms. The van der Waals surface area contributed by atoms with Crippen molar-refractivity contribution in [2.45, 2.75) is 12.5 Å². The molecule has 2 aromatic heterocycles. The van der Waals surface area contributed by atoms with Gasteiger partial charge in [0.1, 0.15) is 5.65 Å². The minimum atomic E-state index is 0.109. The number of ether oxygens (including phenoxy) is 1. The minimum absolute atomic E-state index is 0.109. The molecule has 1 aliphatic heterocycles. The first-order chi connectivity index (χ1) is 12.1. The van der Waals surface area contributed by atoms with Crippen LogP contribution in [-0.2, 0) is 11.2 Å². The molecule has 1 N–H and O–H groups in total. The number of halogens is 3. The predicted octanol–water partition coefficient (Wildman–Crippen LogP) is 4.60. The van der Waals surface area contributed by atoms with E-state index in [1.165, 1.54) is 0 Å². The van der Waals surface area contributed by atoms with E-state index < -0.39 is 0 Å². The van der Waals surface area contributed by atoms with Crippen molar-refractivity contribution in [3.05, 3.63) is 56.7 Å². The van der Waals surface area contributed by atoms with Gasteiger partial charge in [-0.05, 0) is 18.2 Å². The Morgan fingerprint density at radius 3 is 2.92 bits per heavy atom. The van der Waals surface area contributed by atoms with Crippen LogP contribution in [0.4, 0.5) is 0 Å². The number of hydrogen-bond donors (Lipinski definition) is 1. The Balaban J connectivity index is 1.85. The lowest BCUT2D eigenvalue weighted by Crippen LogP contribution is -2.39. The van der Waals surface area contributed by atoms with E-state index >= 15 is 0 Å². The maximum absolute atomic E-state index is 6.49. The van der Waals surface area contributed by atoms with Crippen molar-refractivity contribution >= 4 is 44.8 Å². The lowest BCUT2D eigenvalue weighted by Gasteiger charge is -2.24. The van der Waals surface area contributed by atoms with Gasteiger partial charge < -0.3 is 14.5 Å². The molecule has 1 atom stereocenters. The number of nitrogens with zero attached hydrogens (tertiary/aromatic N) is 2. The number of nitrogens with one attached hydrogen (secondary N) is 1. The molecule has 3 heterocycles. The van der Waals surface area contributed by atoms with Crippen LogP contribution in [0.2, 0.25) is 10.0 Å². The molecule has 130 valence electrons. The van der Waals surface area contributed by atoms with Crippen molar-refractivity contribution in [1.82, 2.24) is 14.7 Å².